The van der Waals surface area contributed by atoms with E-state index >= 15 is 0 Å². The number of rotatable bonds is 5. The predicted octanol–water partition coefficient (Wildman–Crippen LogP) is 2.82. The minimum atomic E-state index is -2.85. The van der Waals surface area contributed by atoms with Gasteiger partial charge in [-0.25, -0.2) is 0 Å². The molecule has 1 unspecified atom stereocenters. The second kappa shape index (κ2) is 10.4. The van der Waals surface area contributed by atoms with E-state index in [1.807, 2.05) is 7.05 Å². The second-order valence-electron chi connectivity index (χ2n) is 7.13. The van der Waals surface area contributed by atoms with Crippen LogP contribution < -0.4 is 15.4 Å². The minimum Gasteiger partial charge on any atom is -0.435 e. The number of nitrogens with one attached hydrogen (secondary N) is 2. The number of halogens is 4. The molecule has 0 aromatic heterocycles. The predicted molar refractivity (Wildman–Crippen MR) is 105 cm³/mol. The number of carbonyl (C=O) groups is 1. The third-order valence-corrected chi connectivity index (χ3v) is 5.30. The molecule has 2 aliphatic heterocycles. The summed E-state index contributed by atoms with van der Waals surface area (Å²) >= 11 is 0. The Bertz CT molecular complexity index is 616. The highest BCUT2D eigenvalue weighted by Crippen LogP contribution is 2.41. The summed E-state index contributed by atoms with van der Waals surface area (Å²) in [6.45, 7) is 0.430. The molecule has 27 heavy (non-hydrogen) atoms. The van der Waals surface area contributed by atoms with Gasteiger partial charge in [0.25, 0.3) is 0 Å². The Balaban J connectivity index is 0.00000182. The van der Waals surface area contributed by atoms with Crippen molar-refractivity contribution in [3.63, 3.8) is 0 Å². The number of carbonyl (C=O) groups excluding carboxylic acids is 1. The van der Waals surface area contributed by atoms with Crippen LogP contribution >= 0.6 is 24.8 Å². The first-order valence-electron chi connectivity index (χ1n) is 8.70. The van der Waals surface area contributed by atoms with Crippen molar-refractivity contribution in [3.8, 4) is 5.75 Å². The van der Waals surface area contributed by atoms with Crippen LogP contribution in [0.25, 0.3) is 0 Å². The number of nitrogens with zero attached hydrogens (tertiary/aromatic N) is 1. The van der Waals surface area contributed by atoms with Crippen molar-refractivity contribution < 1.29 is 18.3 Å². The van der Waals surface area contributed by atoms with Gasteiger partial charge in [-0.2, -0.15) is 8.78 Å². The molecule has 154 valence electrons. The van der Waals surface area contributed by atoms with Gasteiger partial charge in [0.15, 0.2) is 0 Å². The third-order valence-electron chi connectivity index (χ3n) is 5.30. The van der Waals surface area contributed by atoms with E-state index in [0.29, 0.717) is 6.54 Å². The lowest BCUT2D eigenvalue weighted by Gasteiger charge is -2.33. The molecule has 0 radical (unpaired) electrons. The average Bonchev–Trinajstić information content (AvgIpc) is 2.89. The van der Waals surface area contributed by atoms with Gasteiger partial charge in [-0.3, -0.25) is 9.69 Å². The Morgan fingerprint density at radius 2 is 2.07 bits per heavy atom. The highest BCUT2D eigenvalue weighted by molar-refractivity contribution is 5.85. The largest absolute Gasteiger partial charge is 0.435 e. The Hall–Kier alpha value is -1.15. The average molecular weight is 426 g/mol. The van der Waals surface area contributed by atoms with Crippen molar-refractivity contribution in [1.29, 1.82) is 0 Å². The quantitative estimate of drug-likeness (QED) is 0.761. The molecule has 1 aromatic rings. The molecule has 0 saturated carbocycles. The number of ether oxygens (including phenoxy) is 1. The Morgan fingerprint density at radius 1 is 1.37 bits per heavy atom. The van der Waals surface area contributed by atoms with E-state index in [1.54, 1.807) is 12.1 Å². The smallest absolute Gasteiger partial charge is 0.387 e. The molecule has 9 heteroatoms. The molecule has 0 aliphatic carbocycles. The topological polar surface area (TPSA) is 53.6 Å². The van der Waals surface area contributed by atoms with Crippen molar-refractivity contribution >= 4 is 30.7 Å². The van der Waals surface area contributed by atoms with E-state index in [1.165, 1.54) is 12.1 Å². The van der Waals surface area contributed by atoms with Crippen LogP contribution in [0.1, 0.15) is 24.8 Å². The SMILES string of the molecule is CN1CC2(CCNCC2)CC1C(=O)NCc1cccc(OC(F)F)c1.Cl.Cl. The number of hydrogen-bond donors (Lipinski definition) is 2. The van der Waals surface area contributed by atoms with Gasteiger partial charge < -0.3 is 15.4 Å². The molecule has 2 saturated heterocycles. The van der Waals surface area contributed by atoms with E-state index in [9.17, 15) is 13.6 Å². The van der Waals surface area contributed by atoms with Gasteiger partial charge in [0, 0.05) is 13.1 Å². The van der Waals surface area contributed by atoms with E-state index in [2.05, 4.69) is 20.3 Å². The highest BCUT2D eigenvalue weighted by Gasteiger charge is 2.45. The van der Waals surface area contributed by atoms with Crippen LogP contribution in [0.5, 0.6) is 5.75 Å². The summed E-state index contributed by atoms with van der Waals surface area (Å²) in [5.74, 6) is 0.103. The summed E-state index contributed by atoms with van der Waals surface area (Å²) in [7, 11) is 2.00. The summed E-state index contributed by atoms with van der Waals surface area (Å²) in [5.41, 5.74) is 0.983. The summed E-state index contributed by atoms with van der Waals surface area (Å²) in [6, 6.07) is 6.30. The van der Waals surface area contributed by atoms with Crippen LogP contribution in [0.2, 0.25) is 0 Å². The molecule has 2 aliphatic rings. The maximum Gasteiger partial charge on any atom is 0.387 e. The molecule has 1 spiro atoms. The van der Waals surface area contributed by atoms with Gasteiger partial charge >= 0.3 is 6.61 Å². The van der Waals surface area contributed by atoms with E-state index in [0.717, 1.165) is 44.5 Å². The van der Waals surface area contributed by atoms with Crippen LogP contribution in [0.4, 0.5) is 8.78 Å². The van der Waals surface area contributed by atoms with Crippen LogP contribution in [0.3, 0.4) is 0 Å². The number of likely N-dealkylation sites (N-methyl/N-ethyl adjacent to an activating group) is 1. The number of piperidine rings is 1. The Kier molecular flexibility index (Phi) is 9.21. The van der Waals surface area contributed by atoms with Gasteiger partial charge in [0.2, 0.25) is 5.91 Å². The van der Waals surface area contributed by atoms with Crippen molar-refractivity contribution in [2.45, 2.75) is 38.5 Å². The van der Waals surface area contributed by atoms with E-state index < -0.39 is 6.61 Å². The first-order chi connectivity index (χ1) is 12.0. The van der Waals surface area contributed by atoms with Gasteiger partial charge in [-0.1, -0.05) is 12.1 Å². The van der Waals surface area contributed by atoms with E-state index in [4.69, 9.17) is 0 Å². The summed E-state index contributed by atoms with van der Waals surface area (Å²) in [6.07, 6.45) is 3.09. The molecule has 2 fully saturated rings. The van der Waals surface area contributed by atoms with Gasteiger partial charge in [0.1, 0.15) is 5.75 Å². The van der Waals surface area contributed by atoms with Crippen molar-refractivity contribution in [2.24, 2.45) is 5.41 Å². The lowest BCUT2D eigenvalue weighted by Crippen LogP contribution is -2.41. The summed E-state index contributed by atoms with van der Waals surface area (Å²) < 4.78 is 29.0. The van der Waals surface area contributed by atoms with Gasteiger partial charge in [-0.15, -0.1) is 24.8 Å². The maximum atomic E-state index is 12.6. The minimum absolute atomic E-state index is 0. The monoisotopic (exact) mass is 425 g/mol. The Morgan fingerprint density at radius 3 is 2.74 bits per heavy atom. The molecule has 5 nitrogen and oxygen atoms in total. The molecule has 3 rings (SSSR count). The highest BCUT2D eigenvalue weighted by atomic mass is 35.5. The molecule has 1 amide bonds. The molecule has 0 bridgehead atoms. The molecule has 1 aromatic carbocycles. The number of benzene rings is 1. The molecule has 1 atom stereocenters. The first-order valence-corrected chi connectivity index (χ1v) is 8.70. The molecular weight excluding hydrogens is 399 g/mol. The maximum absolute atomic E-state index is 12.6. The normalized spacial score (nSPS) is 21.4. The molecule has 2 N–H and O–H groups in total. The number of hydrogen-bond acceptors (Lipinski definition) is 4. The fourth-order valence-electron chi connectivity index (χ4n) is 4.02. The van der Waals surface area contributed by atoms with Crippen molar-refractivity contribution in [3.05, 3.63) is 29.8 Å². The first kappa shape index (κ1) is 23.9. The third kappa shape index (κ3) is 6.17. The van der Waals surface area contributed by atoms with Crippen LogP contribution in [-0.4, -0.2) is 50.1 Å². The van der Waals surface area contributed by atoms with E-state index in [-0.39, 0.29) is 47.9 Å². The standard InChI is InChI=1S/C18H25F2N3O2.2ClH/c1-23-12-18(5-7-21-8-6-18)10-15(23)16(24)22-11-13-3-2-4-14(9-13)25-17(19)20;;/h2-4,9,15,17,21H,5-8,10-12H2,1H3,(H,22,24);2*1H. The lowest BCUT2D eigenvalue weighted by atomic mass is 9.77. The number of amides is 1. The van der Waals surface area contributed by atoms with Crippen molar-refractivity contribution in [1.82, 2.24) is 15.5 Å². The van der Waals surface area contributed by atoms with Crippen LogP contribution in [0, 0.1) is 5.41 Å². The fraction of sp³-hybridized carbons (Fsp3) is 0.611. The van der Waals surface area contributed by atoms with Crippen molar-refractivity contribution in [2.75, 3.05) is 26.7 Å². The summed E-state index contributed by atoms with van der Waals surface area (Å²) in [5, 5.41) is 6.31. The molecular formula is C18H27Cl2F2N3O2. The zero-order chi connectivity index (χ0) is 17.9. The second-order valence-corrected chi connectivity index (χ2v) is 7.13. The lowest BCUT2D eigenvalue weighted by molar-refractivity contribution is -0.125. The zero-order valence-corrected chi connectivity index (χ0v) is 16.9. The number of likely N-dealkylation sites (tertiary alicyclic amines) is 1. The molecule has 2 heterocycles. The Labute approximate surface area is 171 Å². The van der Waals surface area contributed by atoms with Gasteiger partial charge in [0.05, 0.1) is 6.04 Å². The number of alkyl halides is 2. The van der Waals surface area contributed by atoms with Gasteiger partial charge in [-0.05, 0) is 62.5 Å². The van der Waals surface area contributed by atoms with Crippen LogP contribution in [0.15, 0.2) is 24.3 Å². The zero-order valence-electron chi connectivity index (χ0n) is 15.2. The fourth-order valence-corrected chi connectivity index (χ4v) is 4.02. The van der Waals surface area contributed by atoms with Crippen LogP contribution in [-0.2, 0) is 11.3 Å². The summed E-state index contributed by atoms with van der Waals surface area (Å²) in [4.78, 5) is 14.7.